The average Bonchev–Trinajstić information content (AvgIpc) is 2.68. The van der Waals surface area contributed by atoms with Gasteiger partial charge in [-0.25, -0.2) is 4.79 Å². The quantitative estimate of drug-likeness (QED) is 0.393. The predicted octanol–water partition coefficient (Wildman–Crippen LogP) is 0.400. The van der Waals surface area contributed by atoms with Crippen molar-refractivity contribution in [2.45, 2.75) is 65.4 Å². The van der Waals surface area contributed by atoms with Crippen LogP contribution in [-0.4, -0.2) is 67.9 Å². The van der Waals surface area contributed by atoms with Crippen molar-refractivity contribution in [3.63, 3.8) is 0 Å². The molecular weight excluding hydrogens is 414 g/mol. The van der Waals surface area contributed by atoms with E-state index in [1.54, 1.807) is 13.8 Å². The fourth-order valence-electron chi connectivity index (χ4n) is 2.82. The SMILES string of the molecule is COC(=O)C1=CCC(NC(=O)C(C)C)C(C(OC(C)=O)C(COC(C)=O)OC(C)=O)O1. The molecule has 0 bridgehead atoms. The second kappa shape index (κ2) is 11.9. The molecule has 1 heterocycles. The Bertz CT molecular complexity index is 729. The van der Waals surface area contributed by atoms with Gasteiger partial charge in [0.25, 0.3) is 0 Å². The van der Waals surface area contributed by atoms with Gasteiger partial charge in [0, 0.05) is 26.7 Å². The summed E-state index contributed by atoms with van der Waals surface area (Å²) in [6.45, 7) is 6.36. The van der Waals surface area contributed by atoms with E-state index in [1.165, 1.54) is 13.2 Å². The summed E-state index contributed by atoms with van der Waals surface area (Å²) in [4.78, 5) is 59.0. The van der Waals surface area contributed by atoms with Crippen LogP contribution in [0, 0.1) is 5.92 Å². The lowest BCUT2D eigenvalue weighted by molar-refractivity contribution is -0.187. The van der Waals surface area contributed by atoms with Crippen LogP contribution in [0.4, 0.5) is 0 Å². The van der Waals surface area contributed by atoms with Crippen LogP contribution >= 0.6 is 0 Å². The molecule has 0 saturated carbocycles. The topological polar surface area (TPSA) is 144 Å². The summed E-state index contributed by atoms with van der Waals surface area (Å²) in [7, 11) is 1.17. The van der Waals surface area contributed by atoms with Gasteiger partial charge in [-0.3, -0.25) is 19.2 Å². The maximum atomic E-state index is 12.3. The lowest BCUT2D eigenvalue weighted by Gasteiger charge is -2.38. The highest BCUT2D eigenvalue weighted by Crippen LogP contribution is 2.26. The summed E-state index contributed by atoms with van der Waals surface area (Å²) >= 11 is 0. The molecule has 11 nitrogen and oxygen atoms in total. The Morgan fingerprint density at radius 2 is 1.68 bits per heavy atom. The zero-order valence-electron chi connectivity index (χ0n) is 18.5. The highest BCUT2D eigenvalue weighted by Gasteiger charge is 2.44. The molecule has 1 N–H and O–H groups in total. The van der Waals surface area contributed by atoms with Crippen LogP contribution in [0.3, 0.4) is 0 Å². The van der Waals surface area contributed by atoms with Crippen molar-refractivity contribution >= 4 is 29.8 Å². The minimum atomic E-state index is -1.31. The van der Waals surface area contributed by atoms with Gasteiger partial charge in [-0.2, -0.15) is 0 Å². The molecule has 11 heteroatoms. The monoisotopic (exact) mass is 443 g/mol. The molecule has 1 rings (SSSR count). The smallest absolute Gasteiger partial charge is 0.372 e. The lowest BCUT2D eigenvalue weighted by atomic mass is 9.95. The van der Waals surface area contributed by atoms with Crippen molar-refractivity contribution in [3.05, 3.63) is 11.8 Å². The first-order valence-electron chi connectivity index (χ1n) is 9.69. The number of rotatable bonds is 9. The minimum absolute atomic E-state index is 0.145. The van der Waals surface area contributed by atoms with Crippen molar-refractivity contribution < 1.29 is 47.7 Å². The molecule has 31 heavy (non-hydrogen) atoms. The fourth-order valence-corrected chi connectivity index (χ4v) is 2.82. The van der Waals surface area contributed by atoms with Gasteiger partial charge in [-0.05, 0) is 12.5 Å². The van der Waals surface area contributed by atoms with Gasteiger partial charge in [0.2, 0.25) is 11.7 Å². The van der Waals surface area contributed by atoms with E-state index in [9.17, 15) is 24.0 Å². The second-order valence-electron chi connectivity index (χ2n) is 7.17. The molecule has 1 aliphatic rings. The highest BCUT2D eigenvalue weighted by atomic mass is 16.6. The zero-order chi connectivity index (χ0) is 23.7. The Morgan fingerprint density at radius 1 is 1.06 bits per heavy atom. The molecule has 1 aliphatic heterocycles. The summed E-state index contributed by atoms with van der Waals surface area (Å²) in [5.41, 5.74) is 0. The van der Waals surface area contributed by atoms with Gasteiger partial charge in [0.15, 0.2) is 18.3 Å². The number of methoxy groups -OCH3 is 1. The Labute approximate surface area is 180 Å². The molecule has 0 spiro atoms. The van der Waals surface area contributed by atoms with Gasteiger partial charge in [0.05, 0.1) is 13.2 Å². The number of hydrogen-bond donors (Lipinski definition) is 1. The largest absolute Gasteiger partial charge is 0.477 e. The number of esters is 4. The highest BCUT2D eigenvalue weighted by molar-refractivity contribution is 5.86. The number of amides is 1. The van der Waals surface area contributed by atoms with E-state index in [-0.39, 0.29) is 24.0 Å². The molecule has 174 valence electrons. The van der Waals surface area contributed by atoms with Crippen molar-refractivity contribution in [1.29, 1.82) is 0 Å². The van der Waals surface area contributed by atoms with Gasteiger partial charge >= 0.3 is 23.9 Å². The number of hydrogen-bond acceptors (Lipinski definition) is 10. The van der Waals surface area contributed by atoms with Crippen LogP contribution in [0.5, 0.6) is 0 Å². The lowest BCUT2D eigenvalue weighted by Crippen LogP contribution is -2.57. The van der Waals surface area contributed by atoms with Crippen molar-refractivity contribution in [2.75, 3.05) is 13.7 Å². The number of ether oxygens (including phenoxy) is 5. The summed E-state index contributed by atoms with van der Waals surface area (Å²) in [5.74, 6) is -3.71. The Hall–Kier alpha value is -3.11. The molecule has 1 amide bonds. The van der Waals surface area contributed by atoms with Gasteiger partial charge in [0.1, 0.15) is 6.61 Å². The molecule has 0 aromatic rings. The summed E-state index contributed by atoms with van der Waals surface area (Å²) in [6, 6.07) is -0.747. The van der Waals surface area contributed by atoms with Crippen molar-refractivity contribution in [1.82, 2.24) is 5.32 Å². The van der Waals surface area contributed by atoms with Crippen LogP contribution in [-0.2, 0) is 47.7 Å². The molecule has 0 saturated heterocycles. The van der Waals surface area contributed by atoms with Crippen molar-refractivity contribution in [3.8, 4) is 0 Å². The first kappa shape index (κ1) is 25.9. The Morgan fingerprint density at radius 3 is 2.16 bits per heavy atom. The molecule has 0 aromatic carbocycles. The number of nitrogens with one attached hydrogen (secondary N) is 1. The van der Waals surface area contributed by atoms with Crippen LogP contribution in [0.25, 0.3) is 0 Å². The first-order valence-corrected chi connectivity index (χ1v) is 9.69. The number of carbonyl (C=O) groups excluding carboxylic acids is 5. The zero-order valence-corrected chi connectivity index (χ0v) is 18.5. The van der Waals surface area contributed by atoms with E-state index < -0.39 is 54.8 Å². The van der Waals surface area contributed by atoms with E-state index in [2.05, 4.69) is 10.1 Å². The van der Waals surface area contributed by atoms with E-state index in [4.69, 9.17) is 18.9 Å². The first-order chi connectivity index (χ1) is 14.5. The van der Waals surface area contributed by atoms with Gasteiger partial charge in [-0.15, -0.1) is 0 Å². The normalized spacial score (nSPS) is 19.8. The second-order valence-corrected chi connectivity index (χ2v) is 7.17. The Kier molecular flexibility index (Phi) is 9.97. The average molecular weight is 443 g/mol. The molecule has 0 radical (unpaired) electrons. The fraction of sp³-hybridized carbons (Fsp3) is 0.650. The predicted molar refractivity (Wildman–Crippen MR) is 104 cm³/mol. The maximum absolute atomic E-state index is 12.3. The molecule has 0 aromatic heterocycles. The van der Waals surface area contributed by atoms with E-state index in [0.717, 1.165) is 20.8 Å². The molecule has 4 unspecified atom stereocenters. The van der Waals surface area contributed by atoms with Crippen LogP contribution in [0.1, 0.15) is 41.0 Å². The third kappa shape index (κ3) is 8.27. The summed E-state index contributed by atoms with van der Waals surface area (Å²) in [5, 5.41) is 2.77. The van der Waals surface area contributed by atoms with E-state index in [0.29, 0.717) is 0 Å². The minimum Gasteiger partial charge on any atom is -0.477 e. The van der Waals surface area contributed by atoms with Crippen LogP contribution < -0.4 is 5.32 Å². The van der Waals surface area contributed by atoms with E-state index in [1.807, 2.05) is 0 Å². The number of carbonyl (C=O) groups is 5. The maximum Gasteiger partial charge on any atom is 0.372 e. The molecule has 4 atom stereocenters. The summed E-state index contributed by atoms with van der Waals surface area (Å²) < 4.78 is 25.9. The van der Waals surface area contributed by atoms with Gasteiger partial charge < -0.3 is 29.0 Å². The molecule has 0 aliphatic carbocycles. The summed E-state index contributed by atoms with van der Waals surface area (Å²) in [6.07, 6.45) is -2.14. The standard InChI is InChI=1S/C20H29NO10/c1-10(2)19(25)21-14-7-8-15(20(26)27-6)31-17(14)18(30-13(5)24)16(29-12(4)23)9-28-11(3)22/h8,10,14,16-18H,7,9H2,1-6H3,(H,21,25). The molecule has 0 fully saturated rings. The van der Waals surface area contributed by atoms with Crippen LogP contribution in [0.15, 0.2) is 11.8 Å². The third-order valence-electron chi connectivity index (χ3n) is 4.22. The van der Waals surface area contributed by atoms with E-state index >= 15 is 0 Å². The van der Waals surface area contributed by atoms with Gasteiger partial charge in [-0.1, -0.05) is 13.8 Å². The molecular formula is C20H29NO10. The van der Waals surface area contributed by atoms with Crippen molar-refractivity contribution in [2.24, 2.45) is 5.92 Å². The Balaban J connectivity index is 3.36. The van der Waals surface area contributed by atoms with Crippen LogP contribution in [0.2, 0.25) is 0 Å². The third-order valence-corrected chi connectivity index (χ3v) is 4.22.